The summed E-state index contributed by atoms with van der Waals surface area (Å²) in [6.45, 7) is 3.29. The second-order valence-corrected chi connectivity index (χ2v) is 2.87. The highest BCUT2D eigenvalue weighted by Crippen LogP contribution is 1.86. The lowest BCUT2D eigenvalue weighted by Crippen LogP contribution is -2.00. The smallest absolute Gasteiger partial charge is 0.222 e. The number of hydrogen-bond acceptors (Lipinski definition) is 5. The van der Waals surface area contributed by atoms with Crippen LogP contribution in [0.1, 0.15) is 10.6 Å². The molecule has 0 aromatic carbocycles. The normalized spacial score (nSPS) is 8.86. The maximum atomic E-state index is 10.7. The Morgan fingerprint density at radius 1 is 1.36 bits per heavy atom. The van der Waals surface area contributed by atoms with Gasteiger partial charge in [-0.25, -0.2) is 15.0 Å². The first-order valence-corrected chi connectivity index (χ1v) is 3.97. The molecule has 0 amide bonds. The van der Waals surface area contributed by atoms with Gasteiger partial charge in [0.15, 0.2) is 0 Å². The molecule has 0 aliphatic carbocycles. The van der Waals surface area contributed by atoms with Gasteiger partial charge in [-0.15, -0.1) is 0 Å². The van der Waals surface area contributed by atoms with Crippen molar-refractivity contribution in [2.45, 2.75) is 0 Å². The fourth-order valence-corrected chi connectivity index (χ4v) is 0.458. The maximum absolute atomic E-state index is 10.7. The van der Waals surface area contributed by atoms with Gasteiger partial charge in [0.25, 0.3) is 0 Å². The zero-order valence-electron chi connectivity index (χ0n) is 8.64. The largest absolute Gasteiger partial charge is 0.312 e. The first-order chi connectivity index (χ1) is 6.57. The minimum atomic E-state index is -0.289. The predicted octanol–water partition coefficient (Wildman–Crippen LogP) is 0.418. The Kier molecular flexibility index (Phi) is 6.06. The lowest BCUT2D eigenvalue weighted by molar-refractivity contribution is 0.103. The third-order valence-corrected chi connectivity index (χ3v) is 0.899. The van der Waals surface area contributed by atoms with Gasteiger partial charge in [0.2, 0.25) is 11.6 Å². The van der Waals surface area contributed by atoms with Crippen molar-refractivity contribution in [1.29, 1.82) is 0 Å². The van der Waals surface area contributed by atoms with E-state index in [1.807, 2.05) is 26.0 Å². The van der Waals surface area contributed by atoms with E-state index < -0.39 is 0 Å². The number of aromatic nitrogens is 3. The van der Waals surface area contributed by atoms with E-state index in [0.717, 1.165) is 6.08 Å². The number of allylic oxidation sites excluding steroid dienone is 1. The van der Waals surface area contributed by atoms with Crippen LogP contribution < -0.4 is 0 Å². The number of carbonyl (C=O) groups is 1. The summed E-state index contributed by atoms with van der Waals surface area (Å²) < 4.78 is 0. The lowest BCUT2D eigenvalue weighted by atomic mass is 10.4. The molecule has 0 unspecified atom stereocenters. The van der Waals surface area contributed by atoms with E-state index in [-0.39, 0.29) is 11.6 Å². The van der Waals surface area contributed by atoms with Crippen LogP contribution in [0.15, 0.2) is 25.3 Å². The molecule has 1 heterocycles. The Morgan fingerprint density at radius 3 is 2.14 bits per heavy atom. The molecule has 1 rings (SSSR count). The highest BCUT2D eigenvalue weighted by atomic mass is 16.1. The van der Waals surface area contributed by atoms with Crippen LogP contribution in [0.2, 0.25) is 0 Å². The quantitative estimate of drug-likeness (QED) is 0.504. The molecule has 76 valence electrons. The summed E-state index contributed by atoms with van der Waals surface area (Å²) in [5.41, 5.74) is 0. The molecule has 0 atom stereocenters. The predicted molar refractivity (Wildman–Crippen MR) is 54.0 cm³/mol. The van der Waals surface area contributed by atoms with Crippen LogP contribution in [-0.4, -0.2) is 46.8 Å². The summed E-state index contributed by atoms with van der Waals surface area (Å²) in [6.07, 6.45) is 3.70. The Morgan fingerprint density at radius 2 is 1.79 bits per heavy atom. The summed E-state index contributed by atoms with van der Waals surface area (Å²) in [7, 11) is 6.00. The third kappa shape index (κ3) is 5.96. The Labute approximate surface area is 83.5 Å². The SMILES string of the molecule is C=CC(=O)c1ncncn1.CN(C)C. The van der Waals surface area contributed by atoms with Gasteiger partial charge in [-0.05, 0) is 27.2 Å². The van der Waals surface area contributed by atoms with Crippen LogP contribution >= 0.6 is 0 Å². The summed E-state index contributed by atoms with van der Waals surface area (Å²) in [5, 5.41) is 0. The molecule has 0 bridgehead atoms. The van der Waals surface area contributed by atoms with E-state index in [1.165, 1.54) is 12.7 Å². The van der Waals surface area contributed by atoms with E-state index in [9.17, 15) is 4.79 Å². The van der Waals surface area contributed by atoms with Crippen molar-refractivity contribution >= 4 is 5.78 Å². The lowest BCUT2D eigenvalue weighted by Gasteiger charge is -1.90. The van der Waals surface area contributed by atoms with Gasteiger partial charge in [0, 0.05) is 0 Å². The van der Waals surface area contributed by atoms with Gasteiger partial charge in [-0.3, -0.25) is 4.79 Å². The molecule has 14 heavy (non-hydrogen) atoms. The van der Waals surface area contributed by atoms with Crippen LogP contribution in [0, 0.1) is 0 Å². The van der Waals surface area contributed by atoms with Crippen molar-refractivity contribution in [1.82, 2.24) is 19.9 Å². The van der Waals surface area contributed by atoms with Crippen molar-refractivity contribution < 1.29 is 4.79 Å². The number of ketones is 1. The third-order valence-electron chi connectivity index (χ3n) is 0.899. The number of rotatable bonds is 2. The Balaban J connectivity index is 0.000000364. The van der Waals surface area contributed by atoms with Gasteiger partial charge in [0.1, 0.15) is 12.7 Å². The fraction of sp³-hybridized carbons (Fsp3) is 0.333. The molecule has 0 fully saturated rings. The zero-order valence-corrected chi connectivity index (χ0v) is 8.64. The molecule has 0 aliphatic heterocycles. The van der Waals surface area contributed by atoms with E-state index in [0.29, 0.717) is 0 Å². The first kappa shape index (κ1) is 12.4. The van der Waals surface area contributed by atoms with Crippen LogP contribution in [-0.2, 0) is 0 Å². The minimum Gasteiger partial charge on any atom is -0.312 e. The van der Waals surface area contributed by atoms with Crippen molar-refractivity contribution in [3.63, 3.8) is 0 Å². The van der Waals surface area contributed by atoms with E-state index in [1.54, 1.807) is 0 Å². The molecule has 5 heteroatoms. The number of carbonyl (C=O) groups excluding carboxylic acids is 1. The average Bonchev–Trinajstić information content (AvgIpc) is 2.17. The molecule has 0 N–H and O–H groups in total. The second kappa shape index (κ2) is 6.85. The van der Waals surface area contributed by atoms with Crippen molar-refractivity contribution in [2.75, 3.05) is 21.1 Å². The van der Waals surface area contributed by atoms with Gasteiger partial charge in [0.05, 0.1) is 0 Å². The van der Waals surface area contributed by atoms with Gasteiger partial charge >= 0.3 is 0 Å². The summed E-state index contributed by atoms with van der Waals surface area (Å²) in [5.74, 6) is -0.160. The Bertz CT molecular complexity index is 281. The maximum Gasteiger partial charge on any atom is 0.222 e. The summed E-state index contributed by atoms with van der Waals surface area (Å²) in [6, 6.07) is 0. The molecule has 5 nitrogen and oxygen atoms in total. The van der Waals surface area contributed by atoms with E-state index >= 15 is 0 Å². The molecule has 1 aromatic heterocycles. The van der Waals surface area contributed by atoms with Crippen molar-refractivity contribution in [3.8, 4) is 0 Å². The van der Waals surface area contributed by atoms with Crippen LogP contribution in [0.25, 0.3) is 0 Å². The fourth-order valence-electron chi connectivity index (χ4n) is 0.458. The summed E-state index contributed by atoms with van der Waals surface area (Å²) >= 11 is 0. The molecule has 0 radical (unpaired) electrons. The van der Waals surface area contributed by atoms with E-state index in [4.69, 9.17) is 0 Å². The first-order valence-electron chi connectivity index (χ1n) is 3.97. The van der Waals surface area contributed by atoms with Crippen LogP contribution in [0.5, 0.6) is 0 Å². The van der Waals surface area contributed by atoms with Crippen molar-refractivity contribution in [2.24, 2.45) is 0 Å². The second-order valence-electron chi connectivity index (χ2n) is 2.87. The highest BCUT2D eigenvalue weighted by Gasteiger charge is 2.00. The number of nitrogens with zero attached hydrogens (tertiary/aromatic N) is 4. The molecule has 0 saturated carbocycles. The van der Waals surface area contributed by atoms with E-state index in [2.05, 4.69) is 21.5 Å². The Hall–Kier alpha value is -1.62. The molecular formula is C9H14N4O. The van der Waals surface area contributed by atoms with Gasteiger partial charge < -0.3 is 4.90 Å². The van der Waals surface area contributed by atoms with Crippen molar-refractivity contribution in [3.05, 3.63) is 31.1 Å². The topological polar surface area (TPSA) is 59.0 Å². The molecular weight excluding hydrogens is 180 g/mol. The monoisotopic (exact) mass is 194 g/mol. The standard InChI is InChI=1S/C6H5N3O.C3H9N/c1-2-5(10)6-8-3-7-4-9-6;1-4(2)3/h2-4H,1H2;1-3H3. The highest BCUT2D eigenvalue weighted by molar-refractivity contribution is 6.00. The van der Waals surface area contributed by atoms with Gasteiger partial charge in [-0.2, -0.15) is 0 Å². The molecule has 0 saturated heterocycles. The van der Waals surface area contributed by atoms with Gasteiger partial charge in [-0.1, -0.05) is 6.58 Å². The molecule has 1 aromatic rings. The minimum absolute atomic E-state index is 0.130. The van der Waals surface area contributed by atoms with Crippen LogP contribution in [0.4, 0.5) is 0 Å². The summed E-state index contributed by atoms with van der Waals surface area (Å²) in [4.78, 5) is 23.5. The molecule has 0 spiro atoms. The number of hydrogen-bond donors (Lipinski definition) is 0. The average molecular weight is 194 g/mol. The molecule has 0 aliphatic rings. The zero-order chi connectivity index (χ0) is 11.0. The van der Waals surface area contributed by atoms with Crippen LogP contribution in [0.3, 0.4) is 0 Å².